The second-order valence-electron chi connectivity index (χ2n) is 2.91. The number of carbonyl (C=O) groups excluding carboxylic acids is 1. The lowest BCUT2D eigenvalue weighted by molar-refractivity contribution is -0.130. The highest BCUT2D eigenvalue weighted by atomic mass is 28.3. The minimum atomic E-state index is -2.15. The smallest absolute Gasteiger partial charge is 0.376 e. The van der Waals surface area contributed by atoms with Gasteiger partial charge in [-0.2, -0.15) is 0 Å². The van der Waals surface area contributed by atoms with Crippen molar-refractivity contribution < 1.29 is 22.8 Å². The molecule has 6 heteroatoms. The number of ether oxygens (including phenoxy) is 1. The van der Waals surface area contributed by atoms with Crippen LogP contribution >= 0.6 is 0 Å². The predicted octanol–water partition coefficient (Wildman–Crippen LogP) is 0.745. The quantitative estimate of drug-likeness (QED) is 0.437. The molecular weight excluding hydrogens is 216 g/mol. The molecule has 0 rings (SSSR count). The Morgan fingerprint density at radius 2 is 1.80 bits per heavy atom. The minimum absolute atomic E-state index is 0.0163. The van der Waals surface area contributed by atoms with Crippen LogP contribution in [0.25, 0.3) is 0 Å². The lowest BCUT2D eigenvalue weighted by atomic mass is 10.3. The number of ketones is 1. The molecule has 0 spiro atoms. The van der Waals surface area contributed by atoms with Crippen molar-refractivity contribution in [3.63, 3.8) is 0 Å². The summed E-state index contributed by atoms with van der Waals surface area (Å²) in [5.74, 6) is 0.0163. The molecule has 0 radical (unpaired) electrons. The van der Waals surface area contributed by atoms with Crippen LogP contribution in [-0.4, -0.2) is 41.9 Å². The Hall–Kier alpha value is -0.273. The maximum Gasteiger partial charge on any atom is 0.486 e. The number of rotatable bonds is 9. The first-order valence-electron chi connectivity index (χ1n) is 5.04. The van der Waals surface area contributed by atoms with Crippen LogP contribution in [0.15, 0.2) is 0 Å². The van der Waals surface area contributed by atoms with E-state index in [0.29, 0.717) is 13.2 Å². The largest absolute Gasteiger partial charge is 0.486 e. The van der Waals surface area contributed by atoms with Gasteiger partial charge < -0.3 is 18.0 Å². The molecule has 0 aromatic heterocycles. The van der Waals surface area contributed by atoms with E-state index in [1.165, 1.54) is 14.0 Å². The molecule has 0 aromatic rings. The third-order valence-electron chi connectivity index (χ3n) is 1.59. The average molecular weight is 236 g/mol. The van der Waals surface area contributed by atoms with Gasteiger partial charge in [0.25, 0.3) is 0 Å². The predicted molar refractivity (Wildman–Crippen MR) is 57.6 cm³/mol. The highest BCUT2D eigenvalue weighted by Crippen LogP contribution is 2.04. The molecule has 0 saturated carbocycles. The summed E-state index contributed by atoms with van der Waals surface area (Å²) >= 11 is 0. The van der Waals surface area contributed by atoms with E-state index in [2.05, 4.69) is 0 Å². The lowest BCUT2D eigenvalue weighted by Crippen LogP contribution is -2.34. The zero-order valence-corrected chi connectivity index (χ0v) is 11.0. The third kappa shape index (κ3) is 7.63. The van der Waals surface area contributed by atoms with Crippen molar-refractivity contribution in [3.05, 3.63) is 0 Å². The molecule has 0 bridgehead atoms. The Bertz CT molecular complexity index is 170. The Morgan fingerprint density at radius 3 is 2.13 bits per heavy atom. The number of hydrogen-bond acceptors (Lipinski definition) is 5. The van der Waals surface area contributed by atoms with Crippen LogP contribution in [0.5, 0.6) is 0 Å². The van der Waals surface area contributed by atoms with E-state index >= 15 is 0 Å². The van der Waals surface area contributed by atoms with Crippen molar-refractivity contribution >= 4 is 15.3 Å². The van der Waals surface area contributed by atoms with E-state index in [-0.39, 0.29) is 12.2 Å². The molecule has 0 amide bonds. The fourth-order valence-electron chi connectivity index (χ4n) is 0.944. The summed E-state index contributed by atoms with van der Waals surface area (Å²) in [5.41, 5.74) is 0. The van der Waals surface area contributed by atoms with Crippen LogP contribution in [0.4, 0.5) is 0 Å². The molecule has 0 heterocycles. The van der Waals surface area contributed by atoms with E-state index in [1.54, 1.807) is 0 Å². The molecule has 0 N–H and O–H groups in total. The van der Waals surface area contributed by atoms with Gasteiger partial charge >= 0.3 is 9.53 Å². The van der Waals surface area contributed by atoms with Crippen LogP contribution in [0.1, 0.15) is 27.2 Å². The molecule has 90 valence electrons. The molecule has 15 heavy (non-hydrogen) atoms. The van der Waals surface area contributed by atoms with E-state index in [1.807, 2.05) is 13.8 Å². The monoisotopic (exact) mass is 236 g/mol. The van der Waals surface area contributed by atoms with E-state index in [9.17, 15) is 4.79 Å². The Morgan fingerprint density at radius 1 is 1.27 bits per heavy atom. The Balaban J connectivity index is 4.02. The summed E-state index contributed by atoms with van der Waals surface area (Å²) in [5, 5.41) is 0. The summed E-state index contributed by atoms with van der Waals surface area (Å²) in [6.45, 7) is 6.30. The van der Waals surface area contributed by atoms with Crippen molar-refractivity contribution in [1.82, 2.24) is 0 Å². The van der Waals surface area contributed by atoms with Gasteiger partial charge in [0.05, 0.1) is 6.42 Å². The zero-order valence-electron chi connectivity index (χ0n) is 9.82. The molecule has 5 nitrogen and oxygen atoms in total. The first-order chi connectivity index (χ1) is 7.13. The fraction of sp³-hybridized carbons (Fsp3) is 0.889. The zero-order chi connectivity index (χ0) is 11.7. The molecule has 0 saturated heterocycles. The van der Waals surface area contributed by atoms with E-state index in [0.717, 1.165) is 0 Å². The van der Waals surface area contributed by atoms with Gasteiger partial charge in [-0.25, -0.2) is 0 Å². The fourth-order valence-corrected chi connectivity index (χ4v) is 2.20. The summed E-state index contributed by atoms with van der Waals surface area (Å²) < 4.78 is 21.1. The summed E-state index contributed by atoms with van der Waals surface area (Å²) in [4.78, 5) is 10.9. The first kappa shape index (κ1) is 14.7. The van der Waals surface area contributed by atoms with Gasteiger partial charge in [0.15, 0.2) is 6.29 Å². The standard InChI is InChI=1S/C9H20O5Si/c1-5-12-15(13-6-2)14-9(11-4)7-8(3)10/h9,15H,5-7H2,1-4H3. The maximum absolute atomic E-state index is 10.9. The molecule has 0 aliphatic heterocycles. The molecule has 0 aliphatic carbocycles. The van der Waals surface area contributed by atoms with Crippen molar-refractivity contribution in [3.8, 4) is 0 Å². The van der Waals surface area contributed by atoms with Crippen LogP contribution in [0.2, 0.25) is 0 Å². The van der Waals surface area contributed by atoms with Gasteiger partial charge in [-0.3, -0.25) is 4.79 Å². The highest BCUT2D eigenvalue weighted by Gasteiger charge is 2.21. The van der Waals surface area contributed by atoms with Crippen LogP contribution in [-0.2, 0) is 22.8 Å². The molecule has 0 aromatic carbocycles. The lowest BCUT2D eigenvalue weighted by Gasteiger charge is -2.20. The topological polar surface area (TPSA) is 54.0 Å². The SMILES string of the molecule is CCO[SiH](OCC)OC(CC(C)=O)OC. The van der Waals surface area contributed by atoms with E-state index in [4.69, 9.17) is 18.0 Å². The summed E-state index contributed by atoms with van der Waals surface area (Å²) in [7, 11) is -0.648. The third-order valence-corrected chi connectivity index (χ3v) is 3.32. The van der Waals surface area contributed by atoms with Crippen molar-refractivity contribution in [2.24, 2.45) is 0 Å². The number of methoxy groups -OCH3 is 1. The van der Waals surface area contributed by atoms with E-state index < -0.39 is 15.8 Å². The number of Topliss-reactive ketones (excluding diaryl/α,β-unsaturated/α-hetero) is 1. The van der Waals surface area contributed by atoms with Crippen molar-refractivity contribution in [2.45, 2.75) is 33.5 Å². The van der Waals surface area contributed by atoms with Gasteiger partial charge in [0.1, 0.15) is 5.78 Å². The molecular formula is C9H20O5Si. The number of hydrogen-bond donors (Lipinski definition) is 0. The number of carbonyl (C=O) groups is 1. The van der Waals surface area contributed by atoms with Crippen molar-refractivity contribution in [2.75, 3.05) is 20.3 Å². The van der Waals surface area contributed by atoms with Gasteiger partial charge in [-0.05, 0) is 20.8 Å². The summed E-state index contributed by atoms with van der Waals surface area (Å²) in [6.07, 6.45) is -0.336. The second kappa shape index (κ2) is 8.99. The molecule has 0 aliphatic rings. The van der Waals surface area contributed by atoms with Gasteiger partial charge in [0, 0.05) is 20.3 Å². The van der Waals surface area contributed by atoms with Crippen LogP contribution in [0, 0.1) is 0 Å². The maximum atomic E-state index is 10.9. The normalized spacial score (nSPS) is 13.1. The van der Waals surface area contributed by atoms with Crippen molar-refractivity contribution in [1.29, 1.82) is 0 Å². The van der Waals surface area contributed by atoms with Crippen LogP contribution in [0.3, 0.4) is 0 Å². The van der Waals surface area contributed by atoms with Gasteiger partial charge in [-0.1, -0.05) is 0 Å². The second-order valence-corrected chi connectivity index (χ2v) is 4.42. The van der Waals surface area contributed by atoms with Gasteiger partial charge in [0.2, 0.25) is 0 Å². The Kier molecular flexibility index (Phi) is 8.83. The van der Waals surface area contributed by atoms with Crippen LogP contribution < -0.4 is 0 Å². The summed E-state index contributed by atoms with van der Waals surface area (Å²) in [6, 6.07) is 0. The highest BCUT2D eigenvalue weighted by molar-refractivity contribution is 6.36. The minimum Gasteiger partial charge on any atom is -0.376 e. The average Bonchev–Trinajstić information content (AvgIpc) is 2.16. The molecule has 1 unspecified atom stereocenters. The Labute approximate surface area is 92.6 Å². The first-order valence-corrected chi connectivity index (χ1v) is 6.46. The van der Waals surface area contributed by atoms with Gasteiger partial charge in [-0.15, -0.1) is 0 Å². The molecule has 0 fully saturated rings. The molecule has 1 atom stereocenters.